The van der Waals surface area contributed by atoms with E-state index in [0.717, 1.165) is 23.8 Å². The van der Waals surface area contributed by atoms with Crippen LogP contribution in [0.3, 0.4) is 0 Å². The molecule has 1 aliphatic heterocycles. The Kier molecular flexibility index (Phi) is 3.43. The number of aryl methyl sites for hydroxylation is 1. The Bertz CT molecular complexity index is 514. The van der Waals surface area contributed by atoms with Gasteiger partial charge in [-0.1, -0.05) is 0 Å². The van der Waals surface area contributed by atoms with Crippen LogP contribution in [0, 0.1) is 6.92 Å². The van der Waals surface area contributed by atoms with Gasteiger partial charge in [-0.2, -0.15) is 16.9 Å². The van der Waals surface area contributed by atoms with Crippen molar-refractivity contribution in [3.05, 3.63) is 29.7 Å². The minimum Gasteiger partial charge on any atom is -0.460 e. The fraction of sp³-hybridized carbons (Fsp3) is 0.462. The van der Waals surface area contributed by atoms with Crippen molar-refractivity contribution in [1.82, 2.24) is 15.5 Å². The van der Waals surface area contributed by atoms with Crippen molar-refractivity contribution in [2.24, 2.45) is 0 Å². The zero-order valence-electron chi connectivity index (χ0n) is 10.4. The lowest BCUT2D eigenvalue weighted by Gasteiger charge is -2.10. The van der Waals surface area contributed by atoms with E-state index in [1.165, 1.54) is 23.5 Å². The van der Waals surface area contributed by atoms with Crippen molar-refractivity contribution >= 4 is 11.8 Å². The molecule has 4 nitrogen and oxygen atoms in total. The molecule has 2 N–H and O–H groups in total. The molecule has 0 saturated carbocycles. The minimum atomic E-state index is 0.635. The predicted octanol–water partition coefficient (Wildman–Crippen LogP) is 2.57. The number of nitrogens with zero attached hydrogens (tertiary/aromatic N) is 1. The first-order chi connectivity index (χ1) is 8.83. The molecule has 1 unspecified atom stereocenters. The van der Waals surface area contributed by atoms with E-state index >= 15 is 0 Å². The highest BCUT2D eigenvalue weighted by Gasteiger charge is 2.16. The second-order valence-corrected chi connectivity index (χ2v) is 5.77. The van der Waals surface area contributed by atoms with Gasteiger partial charge in [0.25, 0.3) is 0 Å². The van der Waals surface area contributed by atoms with E-state index in [1.54, 1.807) is 0 Å². The van der Waals surface area contributed by atoms with Crippen LogP contribution >= 0.6 is 11.8 Å². The highest BCUT2D eigenvalue weighted by molar-refractivity contribution is 7.99. The summed E-state index contributed by atoms with van der Waals surface area (Å²) < 4.78 is 5.64. The van der Waals surface area contributed by atoms with Gasteiger partial charge >= 0.3 is 0 Å². The third kappa shape index (κ3) is 2.47. The van der Waals surface area contributed by atoms with Gasteiger partial charge in [0.2, 0.25) is 0 Å². The molecule has 0 radical (unpaired) electrons. The lowest BCUT2D eigenvalue weighted by Crippen LogP contribution is -2.27. The van der Waals surface area contributed by atoms with Crippen molar-refractivity contribution < 1.29 is 4.42 Å². The monoisotopic (exact) mass is 263 g/mol. The average Bonchev–Trinajstić information content (AvgIpc) is 3.07. The minimum absolute atomic E-state index is 0.635. The second kappa shape index (κ2) is 5.20. The van der Waals surface area contributed by atoms with Crippen LogP contribution in [0.5, 0.6) is 0 Å². The molecule has 1 atom stereocenters. The molecule has 96 valence electrons. The molecule has 2 aromatic rings. The zero-order chi connectivity index (χ0) is 12.4. The molecular weight excluding hydrogens is 246 g/mol. The van der Waals surface area contributed by atoms with Crippen LogP contribution in [0.4, 0.5) is 0 Å². The maximum absolute atomic E-state index is 5.64. The Hall–Kier alpha value is -1.20. The SMILES string of the molecule is Cc1ccc(-c2[nH]ncc2CNC2CCSC2)o1. The van der Waals surface area contributed by atoms with Crippen molar-refractivity contribution in [2.75, 3.05) is 11.5 Å². The fourth-order valence-electron chi connectivity index (χ4n) is 2.18. The maximum atomic E-state index is 5.64. The van der Waals surface area contributed by atoms with Crippen LogP contribution in [-0.2, 0) is 6.54 Å². The summed E-state index contributed by atoms with van der Waals surface area (Å²) in [5.74, 6) is 4.27. The Morgan fingerprint density at radius 2 is 2.50 bits per heavy atom. The maximum Gasteiger partial charge on any atom is 0.152 e. The van der Waals surface area contributed by atoms with Gasteiger partial charge in [-0.25, -0.2) is 0 Å². The van der Waals surface area contributed by atoms with E-state index in [4.69, 9.17) is 4.42 Å². The molecule has 2 aromatic heterocycles. The van der Waals surface area contributed by atoms with E-state index in [1.807, 2.05) is 37.0 Å². The largest absolute Gasteiger partial charge is 0.460 e. The third-order valence-electron chi connectivity index (χ3n) is 3.22. The van der Waals surface area contributed by atoms with Gasteiger partial charge in [0.15, 0.2) is 5.76 Å². The standard InChI is InChI=1S/C13H17N3OS/c1-9-2-3-12(17-9)13-10(7-15-16-13)6-14-11-4-5-18-8-11/h2-3,7,11,14H,4-6,8H2,1H3,(H,15,16). The summed E-state index contributed by atoms with van der Waals surface area (Å²) in [5.41, 5.74) is 2.16. The van der Waals surface area contributed by atoms with Crippen LogP contribution in [0.25, 0.3) is 11.5 Å². The normalized spacial score (nSPS) is 19.5. The average molecular weight is 263 g/mol. The Morgan fingerprint density at radius 3 is 3.22 bits per heavy atom. The second-order valence-electron chi connectivity index (χ2n) is 4.62. The number of rotatable bonds is 4. The van der Waals surface area contributed by atoms with Gasteiger partial charge in [0.1, 0.15) is 11.5 Å². The highest BCUT2D eigenvalue weighted by Crippen LogP contribution is 2.24. The summed E-state index contributed by atoms with van der Waals surface area (Å²) in [4.78, 5) is 0. The first-order valence-electron chi connectivity index (χ1n) is 6.23. The number of aromatic nitrogens is 2. The van der Waals surface area contributed by atoms with E-state index in [-0.39, 0.29) is 0 Å². The molecule has 0 aliphatic carbocycles. The first kappa shape index (κ1) is 11.9. The van der Waals surface area contributed by atoms with Crippen molar-refractivity contribution in [3.63, 3.8) is 0 Å². The zero-order valence-corrected chi connectivity index (χ0v) is 11.2. The van der Waals surface area contributed by atoms with Gasteiger partial charge in [-0.3, -0.25) is 5.10 Å². The summed E-state index contributed by atoms with van der Waals surface area (Å²) in [6.07, 6.45) is 3.14. The molecular formula is C13H17N3OS. The van der Waals surface area contributed by atoms with Crippen LogP contribution in [0.1, 0.15) is 17.7 Å². The summed E-state index contributed by atoms with van der Waals surface area (Å²) >= 11 is 2.02. The summed E-state index contributed by atoms with van der Waals surface area (Å²) in [5, 5.41) is 10.7. The molecule has 0 spiro atoms. The summed E-state index contributed by atoms with van der Waals surface area (Å²) in [6, 6.07) is 4.59. The van der Waals surface area contributed by atoms with E-state index in [2.05, 4.69) is 15.5 Å². The quantitative estimate of drug-likeness (QED) is 0.890. The Balaban J connectivity index is 1.71. The molecule has 0 aromatic carbocycles. The summed E-state index contributed by atoms with van der Waals surface area (Å²) in [7, 11) is 0. The van der Waals surface area contributed by atoms with Crippen LogP contribution in [0.2, 0.25) is 0 Å². The number of aromatic amines is 1. The molecule has 1 fully saturated rings. The molecule has 1 aliphatic rings. The van der Waals surface area contributed by atoms with Crippen LogP contribution in [0.15, 0.2) is 22.7 Å². The van der Waals surface area contributed by atoms with Crippen molar-refractivity contribution in [2.45, 2.75) is 25.9 Å². The number of H-pyrrole nitrogens is 1. The van der Waals surface area contributed by atoms with E-state index in [9.17, 15) is 0 Å². The third-order valence-corrected chi connectivity index (χ3v) is 4.38. The van der Waals surface area contributed by atoms with E-state index < -0.39 is 0 Å². The number of hydrogen-bond acceptors (Lipinski definition) is 4. The molecule has 3 heterocycles. The van der Waals surface area contributed by atoms with Gasteiger partial charge in [-0.05, 0) is 31.2 Å². The van der Waals surface area contributed by atoms with E-state index in [0.29, 0.717) is 6.04 Å². The fourth-order valence-corrected chi connectivity index (χ4v) is 3.36. The highest BCUT2D eigenvalue weighted by atomic mass is 32.2. The van der Waals surface area contributed by atoms with Gasteiger partial charge in [0.05, 0.1) is 6.20 Å². The number of thioether (sulfide) groups is 1. The molecule has 0 bridgehead atoms. The van der Waals surface area contributed by atoms with Crippen molar-refractivity contribution in [3.8, 4) is 11.5 Å². The first-order valence-corrected chi connectivity index (χ1v) is 7.38. The molecule has 0 amide bonds. The molecule has 1 saturated heterocycles. The summed E-state index contributed by atoms with van der Waals surface area (Å²) in [6.45, 7) is 2.80. The van der Waals surface area contributed by atoms with Crippen molar-refractivity contribution in [1.29, 1.82) is 0 Å². The number of nitrogens with one attached hydrogen (secondary N) is 2. The van der Waals surface area contributed by atoms with Crippen LogP contribution < -0.4 is 5.32 Å². The number of hydrogen-bond donors (Lipinski definition) is 2. The number of furan rings is 1. The smallest absolute Gasteiger partial charge is 0.152 e. The lowest BCUT2D eigenvalue weighted by atomic mass is 10.2. The van der Waals surface area contributed by atoms with Crippen LogP contribution in [-0.4, -0.2) is 27.7 Å². The van der Waals surface area contributed by atoms with Gasteiger partial charge in [-0.15, -0.1) is 0 Å². The predicted molar refractivity (Wildman–Crippen MR) is 73.6 cm³/mol. The topological polar surface area (TPSA) is 53.9 Å². The molecule has 18 heavy (non-hydrogen) atoms. The van der Waals surface area contributed by atoms with Gasteiger partial charge < -0.3 is 9.73 Å². The molecule has 5 heteroatoms. The van der Waals surface area contributed by atoms with Gasteiger partial charge in [0, 0.05) is 23.9 Å². The lowest BCUT2D eigenvalue weighted by molar-refractivity contribution is 0.540. The molecule has 3 rings (SSSR count). The Labute approximate surface area is 111 Å². The Morgan fingerprint density at radius 1 is 1.56 bits per heavy atom.